The number of hydrogen-bond acceptors (Lipinski definition) is 4. The van der Waals surface area contributed by atoms with Crippen LogP contribution in [-0.4, -0.2) is 20.2 Å². The van der Waals surface area contributed by atoms with Crippen LogP contribution in [0.5, 0.6) is 0 Å². The van der Waals surface area contributed by atoms with Crippen molar-refractivity contribution in [2.75, 3.05) is 5.73 Å². The van der Waals surface area contributed by atoms with Crippen LogP contribution in [0, 0.1) is 12.8 Å². The monoisotopic (exact) mass is 257 g/mol. The van der Waals surface area contributed by atoms with Gasteiger partial charge in [-0.25, -0.2) is 4.68 Å². The van der Waals surface area contributed by atoms with Crippen molar-refractivity contribution in [1.82, 2.24) is 20.2 Å². The maximum absolute atomic E-state index is 6.05. The van der Waals surface area contributed by atoms with Gasteiger partial charge >= 0.3 is 0 Å². The second kappa shape index (κ2) is 4.64. The Morgan fingerprint density at radius 2 is 2.26 bits per heavy atom. The summed E-state index contributed by atoms with van der Waals surface area (Å²) in [6.45, 7) is 4.27. The van der Waals surface area contributed by atoms with Crippen LogP contribution in [0.4, 0.5) is 5.69 Å². The van der Waals surface area contributed by atoms with Crippen molar-refractivity contribution >= 4 is 5.69 Å². The van der Waals surface area contributed by atoms with Crippen LogP contribution < -0.4 is 5.73 Å². The van der Waals surface area contributed by atoms with Crippen molar-refractivity contribution in [2.24, 2.45) is 5.92 Å². The molecule has 0 aliphatic heterocycles. The maximum atomic E-state index is 6.05. The summed E-state index contributed by atoms with van der Waals surface area (Å²) >= 11 is 0. The second-order valence-corrected chi connectivity index (χ2v) is 5.39. The number of rotatable bonds is 4. The van der Waals surface area contributed by atoms with Gasteiger partial charge in [-0.2, -0.15) is 0 Å². The highest BCUT2D eigenvalue weighted by Gasteiger charge is 2.40. The molecule has 2 aromatic rings. The zero-order valence-electron chi connectivity index (χ0n) is 11.4. The van der Waals surface area contributed by atoms with Gasteiger partial charge in [-0.05, 0) is 48.2 Å². The molecule has 1 aromatic carbocycles. The first kappa shape index (κ1) is 12.1. The number of benzene rings is 1. The smallest absolute Gasteiger partial charge is 0.184 e. The minimum absolute atomic E-state index is 0.449. The van der Waals surface area contributed by atoms with Gasteiger partial charge in [-0.15, -0.1) is 5.10 Å². The van der Waals surface area contributed by atoms with E-state index in [0.29, 0.717) is 6.04 Å². The molecule has 1 heterocycles. The van der Waals surface area contributed by atoms with Crippen LogP contribution >= 0.6 is 0 Å². The Balaban J connectivity index is 1.94. The molecule has 2 N–H and O–H groups in total. The van der Waals surface area contributed by atoms with E-state index in [2.05, 4.69) is 28.5 Å². The molecule has 100 valence electrons. The average Bonchev–Trinajstić information content (AvgIpc) is 2.99. The number of anilines is 1. The lowest BCUT2D eigenvalue weighted by Gasteiger charge is -2.07. The van der Waals surface area contributed by atoms with Crippen molar-refractivity contribution in [1.29, 1.82) is 0 Å². The van der Waals surface area contributed by atoms with E-state index in [9.17, 15) is 0 Å². The summed E-state index contributed by atoms with van der Waals surface area (Å²) in [6, 6.07) is 6.42. The molecule has 3 rings (SSSR count). The molecule has 0 radical (unpaired) electrons. The molecule has 2 atom stereocenters. The van der Waals surface area contributed by atoms with Crippen LogP contribution in [0.2, 0.25) is 0 Å². The van der Waals surface area contributed by atoms with E-state index >= 15 is 0 Å². The highest BCUT2D eigenvalue weighted by atomic mass is 15.6. The molecule has 1 aromatic heterocycles. The van der Waals surface area contributed by atoms with Crippen molar-refractivity contribution < 1.29 is 0 Å². The number of nitrogens with two attached hydrogens (primary N) is 1. The zero-order chi connectivity index (χ0) is 13.4. The molecular weight excluding hydrogens is 238 g/mol. The fraction of sp³-hybridized carbons (Fsp3) is 0.500. The lowest BCUT2D eigenvalue weighted by atomic mass is 10.1. The van der Waals surface area contributed by atoms with Gasteiger partial charge in [0, 0.05) is 11.3 Å². The lowest BCUT2D eigenvalue weighted by Crippen LogP contribution is -2.04. The largest absolute Gasteiger partial charge is 0.398 e. The van der Waals surface area contributed by atoms with E-state index in [1.165, 1.54) is 24.8 Å². The Hall–Kier alpha value is -1.91. The van der Waals surface area contributed by atoms with E-state index < -0.39 is 0 Å². The van der Waals surface area contributed by atoms with Crippen LogP contribution in [0.15, 0.2) is 18.2 Å². The lowest BCUT2D eigenvalue weighted by molar-refractivity contribution is 0.548. The highest BCUT2D eigenvalue weighted by molar-refractivity contribution is 5.72. The highest BCUT2D eigenvalue weighted by Crippen LogP contribution is 2.47. The van der Waals surface area contributed by atoms with Gasteiger partial charge < -0.3 is 5.73 Å². The third kappa shape index (κ3) is 2.20. The summed E-state index contributed by atoms with van der Waals surface area (Å²) in [5, 5.41) is 12.2. The first-order chi connectivity index (χ1) is 9.20. The molecule has 5 nitrogen and oxygen atoms in total. The zero-order valence-corrected chi connectivity index (χ0v) is 11.4. The van der Waals surface area contributed by atoms with Gasteiger partial charge in [0.2, 0.25) is 0 Å². The van der Waals surface area contributed by atoms with Gasteiger partial charge in [0.05, 0.1) is 6.04 Å². The topological polar surface area (TPSA) is 69.6 Å². The molecule has 1 aliphatic rings. The van der Waals surface area contributed by atoms with Crippen molar-refractivity contribution in [3.05, 3.63) is 23.8 Å². The SMILES string of the molecule is CCCC1CC1n1nnnc1-c1cc(C)ccc1N. The predicted octanol–water partition coefficient (Wildman–Crippen LogP) is 2.59. The normalized spacial score (nSPS) is 21.6. The predicted molar refractivity (Wildman–Crippen MR) is 74.5 cm³/mol. The quantitative estimate of drug-likeness (QED) is 0.855. The molecule has 1 aliphatic carbocycles. The molecule has 1 saturated carbocycles. The Kier molecular flexibility index (Phi) is 2.97. The number of aromatic nitrogens is 4. The first-order valence-electron chi connectivity index (χ1n) is 6.85. The molecular formula is C14H19N5. The molecule has 0 saturated heterocycles. The van der Waals surface area contributed by atoms with Crippen LogP contribution in [0.1, 0.15) is 37.8 Å². The fourth-order valence-electron chi connectivity index (χ4n) is 2.67. The average molecular weight is 257 g/mol. The maximum Gasteiger partial charge on any atom is 0.184 e. The summed E-state index contributed by atoms with van der Waals surface area (Å²) in [6.07, 6.45) is 3.63. The van der Waals surface area contributed by atoms with E-state index in [4.69, 9.17) is 5.73 Å². The van der Waals surface area contributed by atoms with Gasteiger partial charge in [0.25, 0.3) is 0 Å². The van der Waals surface area contributed by atoms with Crippen LogP contribution in [0.25, 0.3) is 11.4 Å². The summed E-state index contributed by atoms with van der Waals surface area (Å²) in [4.78, 5) is 0. The van der Waals surface area contributed by atoms with Crippen LogP contribution in [0.3, 0.4) is 0 Å². The minimum atomic E-state index is 0.449. The third-order valence-corrected chi connectivity index (χ3v) is 3.80. The van der Waals surface area contributed by atoms with Crippen molar-refractivity contribution in [3.8, 4) is 11.4 Å². The minimum Gasteiger partial charge on any atom is -0.398 e. The van der Waals surface area contributed by atoms with Crippen LogP contribution in [-0.2, 0) is 0 Å². The van der Waals surface area contributed by atoms with E-state index in [-0.39, 0.29) is 0 Å². The summed E-state index contributed by atoms with van der Waals surface area (Å²) < 4.78 is 1.95. The third-order valence-electron chi connectivity index (χ3n) is 3.80. The summed E-state index contributed by atoms with van der Waals surface area (Å²) in [5.74, 6) is 1.52. The summed E-state index contributed by atoms with van der Waals surface area (Å²) in [5.41, 5.74) is 8.89. The van der Waals surface area contributed by atoms with Gasteiger partial charge in [0.1, 0.15) is 0 Å². The van der Waals surface area contributed by atoms with Crippen molar-refractivity contribution in [2.45, 2.75) is 39.2 Å². The standard InChI is InChI=1S/C14H19N5/c1-3-4-10-8-13(10)19-14(16-17-18-19)11-7-9(2)5-6-12(11)15/h5-7,10,13H,3-4,8,15H2,1-2H3. The Labute approximate surface area is 112 Å². The van der Waals surface area contributed by atoms with E-state index in [1.54, 1.807) is 0 Å². The number of hydrogen-bond donors (Lipinski definition) is 1. The Bertz CT molecular complexity index is 589. The molecule has 19 heavy (non-hydrogen) atoms. The number of nitrogen functional groups attached to an aromatic ring is 1. The first-order valence-corrected chi connectivity index (χ1v) is 6.85. The second-order valence-electron chi connectivity index (χ2n) is 5.39. The molecule has 1 fully saturated rings. The fourth-order valence-corrected chi connectivity index (χ4v) is 2.67. The van der Waals surface area contributed by atoms with E-state index in [0.717, 1.165) is 23.0 Å². The Morgan fingerprint density at radius 3 is 3.05 bits per heavy atom. The summed E-state index contributed by atoms with van der Waals surface area (Å²) in [7, 11) is 0. The van der Waals surface area contributed by atoms with Gasteiger partial charge in [-0.1, -0.05) is 25.0 Å². The molecule has 5 heteroatoms. The van der Waals surface area contributed by atoms with E-state index in [1.807, 2.05) is 23.7 Å². The molecule has 2 unspecified atom stereocenters. The van der Waals surface area contributed by atoms with Gasteiger partial charge in [0.15, 0.2) is 5.82 Å². The number of aryl methyl sites for hydroxylation is 1. The number of nitrogens with zero attached hydrogens (tertiary/aromatic N) is 4. The van der Waals surface area contributed by atoms with Gasteiger partial charge in [-0.3, -0.25) is 0 Å². The molecule has 0 spiro atoms. The Morgan fingerprint density at radius 1 is 1.42 bits per heavy atom. The molecule has 0 amide bonds. The molecule has 0 bridgehead atoms. The number of tetrazole rings is 1. The van der Waals surface area contributed by atoms with Crippen molar-refractivity contribution in [3.63, 3.8) is 0 Å².